The highest BCUT2D eigenvalue weighted by atomic mass is 16.5. The van der Waals surface area contributed by atoms with E-state index in [0.717, 1.165) is 54.3 Å². The molecule has 0 radical (unpaired) electrons. The molecule has 1 aliphatic rings. The lowest BCUT2D eigenvalue weighted by atomic mass is 10.1. The molecule has 3 rings (SSSR count). The second-order valence-electron chi connectivity index (χ2n) is 7.98. The Hall–Kier alpha value is -3.06. The summed E-state index contributed by atoms with van der Waals surface area (Å²) >= 11 is 0. The number of benzene rings is 2. The van der Waals surface area contributed by atoms with Gasteiger partial charge in [-0.05, 0) is 44.0 Å². The molecule has 0 spiro atoms. The SMILES string of the molecule is COc1ccccc1N1CCN(CCNC(=O)C(=O)Nc2c(C)cc(C)cc2C)CC1. The zero-order valence-corrected chi connectivity index (χ0v) is 18.8. The summed E-state index contributed by atoms with van der Waals surface area (Å²) < 4.78 is 5.46. The lowest BCUT2D eigenvalue weighted by Gasteiger charge is -2.36. The lowest BCUT2D eigenvalue weighted by Crippen LogP contribution is -2.49. The van der Waals surface area contributed by atoms with Gasteiger partial charge in [-0.3, -0.25) is 14.5 Å². The van der Waals surface area contributed by atoms with Gasteiger partial charge in [0.15, 0.2) is 0 Å². The zero-order valence-electron chi connectivity index (χ0n) is 18.8. The highest BCUT2D eigenvalue weighted by molar-refractivity contribution is 6.39. The van der Waals surface area contributed by atoms with Gasteiger partial charge in [0.1, 0.15) is 5.75 Å². The predicted molar refractivity (Wildman–Crippen MR) is 124 cm³/mol. The first-order chi connectivity index (χ1) is 14.9. The Balaban J connectivity index is 1.43. The van der Waals surface area contributed by atoms with Crippen molar-refractivity contribution in [1.82, 2.24) is 10.2 Å². The molecule has 0 saturated carbocycles. The van der Waals surface area contributed by atoms with E-state index in [4.69, 9.17) is 4.74 Å². The highest BCUT2D eigenvalue weighted by Gasteiger charge is 2.20. The fourth-order valence-electron chi connectivity index (χ4n) is 4.06. The first-order valence-electron chi connectivity index (χ1n) is 10.7. The van der Waals surface area contributed by atoms with Gasteiger partial charge in [-0.1, -0.05) is 29.8 Å². The predicted octanol–water partition coefficient (Wildman–Crippen LogP) is 2.50. The van der Waals surface area contributed by atoms with E-state index in [0.29, 0.717) is 18.8 Å². The van der Waals surface area contributed by atoms with E-state index in [2.05, 4.69) is 26.5 Å². The summed E-state index contributed by atoms with van der Waals surface area (Å²) in [6, 6.07) is 12.0. The average molecular weight is 425 g/mol. The molecule has 0 unspecified atom stereocenters. The van der Waals surface area contributed by atoms with Crippen molar-refractivity contribution in [1.29, 1.82) is 0 Å². The van der Waals surface area contributed by atoms with E-state index >= 15 is 0 Å². The summed E-state index contributed by atoms with van der Waals surface area (Å²) in [5, 5.41) is 5.48. The molecule has 31 heavy (non-hydrogen) atoms. The molecule has 7 heteroatoms. The van der Waals surface area contributed by atoms with Gasteiger partial charge < -0.3 is 20.3 Å². The van der Waals surface area contributed by atoms with Crippen LogP contribution in [-0.2, 0) is 9.59 Å². The molecule has 0 atom stereocenters. The summed E-state index contributed by atoms with van der Waals surface area (Å²) in [4.78, 5) is 29.1. The maximum absolute atomic E-state index is 12.3. The lowest BCUT2D eigenvalue weighted by molar-refractivity contribution is -0.136. The van der Waals surface area contributed by atoms with Crippen molar-refractivity contribution < 1.29 is 14.3 Å². The number of para-hydroxylation sites is 2. The Morgan fingerprint density at radius 2 is 1.61 bits per heavy atom. The molecule has 2 amide bonds. The minimum Gasteiger partial charge on any atom is -0.495 e. The van der Waals surface area contributed by atoms with E-state index in [1.165, 1.54) is 0 Å². The molecule has 0 bridgehead atoms. The number of rotatable bonds is 6. The van der Waals surface area contributed by atoms with Crippen LogP contribution in [0.2, 0.25) is 0 Å². The second-order valence-corrected chi connectivity index (χ2v) is 7.98. The monoisotopic (exact) mass is 424 g/mol. The van der Waals surface area contributed by atoms with Gasteiger partial charge in [0.25, 0.3) is 0 Å². The number of aryl methyl sites for hydroxylation is 3. The molecular formula is C24H32N4O3. The number of methoxy groups -OCH3 is 1. The van der Waals surface area contributed by atoms with Gasteiger partial charge in [-0.25, -0.2) is 0 Å². The van der Waals surface area contributed by atoms with Crippen LogP contribution in [-0.4, -0.2) is 63.1 Å². The number of hydrogen-bond acceptors (Lipinski definition) is 5. The number of hydrogen-bond donors (Lipinski definition) is 2. The third-order valence-corrected chi connectivity index (χ3v) is 5.63. The van der Waals surface area contributed by atoms with Crippen LogP contribution in [0.15, 0.2) is 36.4 Å². The zero-order chi connectivity index (χ0) is 22.4. The van der Waals surface area contributed by atoms with Crippen molar-refractivity contribution in [3.63, 3.8) is 0 Å². The van der Waals surface area contributed by atoms with Crippen molar-refractivity contribution in [2.24, 2.45) is 0 Å². The molecule has 2 aromatic rings. The van der Waals surface area contributed by atoms with Crippen molar-refractivity contribution in [2.45, 2.75) is 20.8 Å². The molecule has 2 N–H and O–H groups in total. The van der Waals surface area contributed by atoms with Crippen molar-refractivity contribution in [3.05, 3.63) is 53.1 Å². The molecule has 1 aliphatic heterocycles. The van der Waals surface area contributed by atoms with Gasteiger partial charge in [0, 0.05) is 45.0 Å². The van der Waals surface area contributed by atoms with Gasteiger partial charge in [0.2, 0.25) is 0 Å². The Morgan fingerprint density at radius 3 is 2.26 bits per heavy atom. The van der Waals surface area contributed by atoms with E-state index in [1.54, 1.807) is 7.11 Å². The van der Waals surface area contributed by atoms with Crippen LogP contribution in [0.25, 0.3) is 0 Å². The van der Waals surface area contributed by atoms with Crippen LogP contribution >= 0.6 is 0 Å². The summed E-state index contributed by atoms with van der Waals surface area (Å²) in [5.74, 6) is -0.351. The fraction of sp³-hybridized carbons (Fsp3) is 0.417. The van der Waals surface area contributed by atoms with E-state index in [9.17, 15) is 9.59 Å². The Bertz CT molecular complexity index is 913. The first-order valence-corrected chi connectivity index (χ1v) is 10.7. The number of nitrogens with one attached hydrogen (secondary N) is 2. The number of ether oxygens (including phenoxy) is 1. The van der Waals surface area contributed by atoms with Gasteiger partial charge >= 0.3 is 11.8 Å². The highest BCUT2D eigenvalue weighted by Crippen LogP contribution is 2.28. The summed E-state index contributed by atoms with van der Waals surface area (Å²) in [7, 11) is 1.69. The van der Waals surface area contributed by atoms with Crippen molar-refractivity contribution >= 4 is 23.2 Å². The minimum atomic E-state index is -0.629. The standard InChI is InChI=1S/C24H32N4O3/c1-17-15-18(2)22(19(3)16-17)26-24(30)23(29)25-9-10-27-11-13-28(14-12-27)20-7-5-6-8-21(20)31-4/h5-8,15-16H,9-14H2,1-4H3,(H,25,29)(H,26,30). The molecule has 7 nitrogen and oxygen atoms in total. The number of carbonyl (C=O) groups excluding carboxylic acids is 2. The Labute approximate surface area is 184 Å². The van der Waals surface area contributed by atoms with Crippen LogP contribution < -0.4 is 20.3 Å². The van der Waals surface area contributed by atoms with Crippen LogP contribution in [0.4, 0.5) is 11.4 Å². The molecular weight excluding hydrogens is 392 g/mol. The molecule has 166 valence electrons. The number of piperazine rings is 1. The summed E-state index contributed by atoms with van der Waals surface area (Å²) in [6.07, 6.45) is 0. The molecule has 1 heterocycles. The topological polar surface area (TPSA) is 73.9 Å². The van der Waals surface area contributed by atoms with E-state index in [-0.39, 0.29) is 0 Å². The van der Waals surface area contributed by atoms with E-state index < -0.39 is 11.8 Å². The average Bonchev–Trinajstić information content (AvgIpc) is 2.76. The normalized spacial score (nSPS) is 14.3. The number of nitrogens with zero attached hydrogens (tertiary/aromatic N) is 2. The van der Waals surface area contributed by atoms with Crippen LogP contribution in [0, 0.1) is 20.8 Å². The third kappa shape index (κ3) is 5.76. The Morgan fingerprint density at radius 1 is 0.968 bits per heavy atom. The van der Waals surface area contributed by atoms with E-state index in [1.807, 2.05) is 51.1 Å². The molecule has 0 aliphatic carbocycles. The molecule has 1 saturated heterocycles. The number of anilines is 2. The second kappa shape index (κ2) is 10.3. The first kappa shape index (κ1) is 22.6. The third-order valence-electron chi connectivity index (χ3n) is 5.63. The van der Waals surface area contributed by atoms with Gasteiger partial charge in [0.05, 0.1) is 12.8 Å². The molecule has 1 fully saturated rings. The Kier molecular flexibility index (Phi) is 7.52. The quantitative estimate of drug-likeness (QED) is 0.697. The number of carbonyl (C=O) groups is 2. The molecule has 0 aromatic heterocycles. The van der Waals surface area contributed by atoms with Crippen molar-refractivity contribution in [3.8, 4) is 5.75 Å². The minimum absolute atomic E-state index is 0.437. The van der Waals surface area contributed by atoms with Gasteiger partial charge in [-0.15, -0.1) is 0 Å². The summed E-state index contributed by atoms with van der Waals surface area (Å²) in [6.45, 7) is 10.6. The molecule has 2 aromatic carbocycles. The smallest absolute Gasteiger partial charge is 0.313 e. The largest absolute Gasteiger partial charge is 0.495 e. The maximum Gasteiger partial charge on any atom is 0.313 e. The fourth-order valence-corrected chi connectivity index (χ4v) is 4.06. The summed E-state index contributed by atoms with van der Waals surface area (Å²) in [5.41, 5.74) is 4.84. The number of amides is 2. The van der Waals surface area contributed by atoms with Crippen molar-refractivity contribution in [2.75, 3.05) is 56.6 Å². The van der Waals surface area contributed by atoms with Crippen LogP contribution in [0.5, 0.6) is 5.75 Å². The maximum atomic E-state index is 12.3. The van der Waals surface area contributed by atoms with Gasteiger partial charge in [-0.2, -0.15) is 0 Å². The van der Waals surface area contributed by atoms with Crippen LogP contribution in [0.1, 0.15) is 16.7 Å². The van der Waals surface area contributed by atoms with Crippen LogP contribution in [0.3, 0.4) is 0 Å².